The normalized spacial score (nSPS) is 24.6. The Bertz CT molecular complexity index is 394. The maximum absolute atomic E-state index is 12.0. The van der Waals surface area contributed by atoms with E-state index in [1.54, 1.807) is 12.4 Å². The number of carbonyl (C=O) groups is 1. The summed E-state index contributed by atoms with van der Waals surface area (Å²) in [6.07, 6.45) is 6.91. The molecule has 0 spiro atoms. The van der Waals surface area contributed by atoms with Crippen LogP contribution in [0.1, 0.15) is 24.8 Å². The van der Waals surface area contributed by atoms with E-state index in [4.69, 9.17) is 5.73 Å². The van der Waals surface area contributed by atoms with Gasteiger partial charge in [-0.05, 0) is 40.4 Å². The number of Topliss-reactive ketones (excluding diaryl/α,β-unsaturated/α-hetero) is 1. The minimum absolute atomic E-state index is 0.0546. The average Bonchev–Trinajstić information content (AvgIpc) is 2.64. The molecule has 0 bridgehead atoms. The van der Waals surface area contributed by atoms with Crippen molar-refractivity contribution in [2.45, 2.75) is 31.7 Å². The van der Waals surface area contributed by atoms with E-state index in [2.05, 4.69) is 20.9 Å². The van der Waals surface area contributed by atoms with Crippen LogP contribution < -0.4 is 5.73 Å². The van der Waals surface area contributed by atoms with Crippen LogP contribution in [0.25, 0.3) is 0 Å². The average molecular weight is 283 g/mol. The summed E-state index contributed by atoms with van der Waals surface area (Å²) in [5.74, 6) is 0.309. The Hall–Kier alpha value is -0.740. The number of hydrogen-bond acceptors (Lipinski definition) is 3. The molecule has 3 nitrogen and oxygen atoms in total. The summed E-state index contributed by atoms with van der Waals surface area (Å²) in [7, 11) is 0. The third kappa shape index (κ3) is 2.68. The van der Waals surface area contributed by atoms with E-state index >= 15 is 0 Å². The van der Waals surface area contributed by atoms with Crippen molar-refractivity contribution >= 4 is 21.7 Å². The lowest BCUT2D eigenvalue weighted by atomic mass is 9.94. The van der Waals surface area contributed by atoms with E-state index in [1.807, 2.05) is 6.07 Å². The van der Waals surface area contributed by atoms with Crippen LogP contribution in [0.15, 0.2) is 22.9 Å². The highest BCUT2D eigenvalue weighted by atomic mass is 79.9. The molecule has 1 aromatic rings. The van der Waals surface area contributed by atoms with Gasteiger partial charge in [0.2, 0.25) is 0 Å². The van der Waals surface area contributed by atoms with Gasteiger partial charge >= 0.3 is 0 Å². The second kappa shape index (κ2) is 5.06. The van der Waals surface area contributed by atoms with E-state index < -0.39 is 0 Å². The molecule has 0 aromatic carbocycles. The Morgan fingerprint density at radius 1 is 1.50 bits per heavy atom. The van der Waals surface area contributed by atoms with Crippen molar-refractivity contribution in [1.29, 1.82) is 0 Å². The second-order valence-corrected chi connectivity index (χ2v) is 5.27. The summed E-state index contributed by atoms with van der Waals surface area (Å²) >= 11 is 3.35. The van der Waals surface area contributed by atoms with E-state index in [0.717, 1.165) is 29.3 Å². The quantitative estimate of drug-likeness (QED) is 0.924. The van der Waals surface area contributed by atoms with Crippen LogP contribution in [0, 0.1) is 5.92 Å². The molecule has 2 N–H and O–H groups in total. The van der Waals surface area contributed by atoms with Gasteiger partial charge in [-0.2, -0.15) is 0 Å². The molecule has 1 aromatic heterocycles. The Morgan fingerprint density at radius 2 is 2.31 bits per heavy atom. The van der Waals surface area contributed by atoms with Crippen molar-refractivity contribution in [2.24, 2.45) is 11.7 Å². The highest BCUT2D eigenvalue weighted by Gasteiger charge is 2.29. The predicted molar refractivity (Wildman–Crippen MR) is 66.0 cm³/mol. The smallest absolute Gasteiger partial charge is 0.141 e. The number of aromatic nitrogens is 1. The SMILES string of the molecule is NC1CCCC1C(=O)Cc1cncc(Br)c1. The molecular formula is C12H15BrN2O. The molecule has 1 aliphatic carbocycles. The summed E-state index contributed by atoms with van der Waals surface area (Å²) in [4.78, 5) is 16.1. The van der Waals surface area contributed by atoms with E-state index in [-0.39, 0.29) is 17.7 Å². The molecule has 1 aliphatic rings. The number of carbonyl (C=O) groups excluding carboxylic acids is 1. The summed E-state index contributed by atoms with van der Waals surface area (Å²) in [5.41, 5.74) is 6.87. The first kappa shape index (κ1) is 11.7. The summed E-state index contributed by atoms with van der Waals surface area (Å²) in [6, 6.07) is 2.00. The number of rotatable bonds is 3. The van der Waals surface area contributed by atoms with Crippen LogP contribution in [0.4, 0.5) is 0 Å². The van der Waals surface area contributed by atoms with Crippen molar-refractivity contribution in [1.82, 2.24) is 4.98 Å². The van der Waals surface area contributed by atoms with Gasteiger partial charge in [-0.25, -0.2) is 0 Å². The predicted octanol–water partition coefficient (Wildman–Crippen LogP) is 2.08. The Morgan fingerprint density at radius 3 is 2.94 bits per heavy atom. The molecule has 1 fully saturated rings. The van der Waals surface area contributed by atoms with Crippen molar-refractivity contribution < 1.29 is 4.79 Å². The zero-order valence-electron chi connectivity index (χ0n) is 9.03. The zero-order chi connectivity index (χ0) is 11.5. The maximum Gasteiger partial charge on any atom is 0.141 e. The van der Waals surface area contributed by atoms with Crippen LogP contribution in [-0.4, -0.2) is 16.8 Å². The van der Waals surface area contributed by atoms with Gasteiger partial charge in [0.15, 0.2) is 0 Å². The Balaban J connectivity index is 2.02. The fraction of sp³-hybridized carbons (Fsp3) is 0.500. The second-order valence-electron chi connectivity index (χ2n) is 4.36. The molecule has 86 valence electrons. The molecule has 2 atom stereocenters. The monoisotopic (exact) mass is 282 g/mol. The third-order valence-electron chi connectivity index (χ3n) is 3.12. The first-order valence-electron chi connectivity index (χ1n) is 5.54. The van der Waals surface area contributed by atoms with Gasteiger partial charge in [0.05, 0.1) is 0 Å². The minimum Gasteiger partial charge on any atom is -0.327 e. The van der Waals surface area contributed by atoms with Crippen molar-refractivity contribution in [2.75, 3.05) is 0 Å². The molecule has 0 saturated heterocycles. The molecule has 4 heteroatoms. The molecule has 16 heavy (non-hydrogen) atoms. The molecule has 2 rings (SSSR count). The van der Waals surface area contributed by atoms with Gasteiger partial charge < -0.3 is 5.73 Å². The number of pyridine rings is 1. The lowest BCUT2D eigenvalue weighted by molar-refractivity contribution is -0.122. The fourth-order valence-electron chi connectivity index (χ4n) is 2.27. The standard InChI is InChI=1S/C12H15BrN2O/c13-9-4-8(6-15-7-9)5-12(16)10-2-1-3-11(10)14/h4,6-7,10-11H,1-3,5,14H2. The van der Waals surface area contributed by atoms with E-state index in [9.17, 15) is 4.79 Å². The van der Waals surface area contributed by atoms with Gasteiger partial charge in [0.1, 0.15) is 5.78 Å². The first-order chi connectivity index (χ1) is 7.66. The van der Waals surface area contributed by atoms with Gasteiger partial charge in [-0.15, -0.1) is 0 Å². The number of hydrogen-bond donors (Lipinski definition) is 1. The number of ketones is 1. The third-order valence-corrected chi connectivity index (χ3v) is 3.56. The van der Waals surface area contributed by atoms with Gasteiger partial charge in [0.25, 0.3) is 0 Å². The molecule has 2 unspecified atom stereocenters. The lowest BCUT2D eigenvalue weighted by Gasteiger charge is -2.13. The number of nitrogens with two attached hydrogens (primary N) is 1. The highest BCUT2D eigenvalue weighted by Crippen LogP contribution is 2.26. The molecule has 0 radical (unpaired) electrons. The van der Waals surface area contributed by atoms with Crippen LogP contribution in [0.3, 0.4) is 0 Å². The van der Waals surface area contributed by atoms with Crippen molar-refractivity contribution in [3.05, 3.63) is 28.5 Å². The van der Waals surface area contributed by atoms with Crippen LogP contribution in [-0.2, 0) is 11.2 Å². The summed E-state index contributed by atoms with van der Waals surface area (Å²) in [6.45, 7) is 0. The summed E-state index contributed by atoms with van der Waals surface area (Å²) in [5, 5.41) is 0. The number of halogens is 1. The molecule has 1 heterocycles. The van der Waals surface area contributed by atoms with Crippen molar-refractivity contribution in [3.63, 3.8) is 0 Å². The Kier molecular flexibility index (Phi) is 3.71. The van der Waals surface area contributed by atoms with Crippen molar-refractivity contribution in [3.8, 4) is 0 Å². The van der Waals surface area contributed by atoms with Crippen LogP contribution >= 0.6 is 15.9 Å². The first-order valence-corrected chi connectivity index (χ1v) is 6.34. The zero-order valence-corrected chi connectivity index (χ0v) is 10.6. The molecule has 1 saturated carbocycles. The van der Waals surface area contributed by atoms with Crippen LogP contribution in [0.2, 0.25) is 0 Å². The maximum atomic E-state index is 12.0. The molecule has 0 amide bonds. The molecular weight excluding hydrogens is 268 g/mol. The van der Waals surface area contributed by atoms with Gasteiger partial charge in [0, 0.05) is 35.2 Å². The van der Waals surface area contributed by atoms with Crippen LogP contribution in [0.5, 0.6) is 0 Å². The highest BCUT2D eigenvalue weighted by molar-refractivity contribution is 9.10. The number of nitrogens with zero attached hydrogens (tertiary/aromatic N) is 1. The lowest BCUT2D eigenvalue weighted by Crippen LogP contribution is -2.31. The van der Waals surface area contributed by atoms with E-state index in [0.29, 0.717) is 6.42 Å². The fourth-order valence-corrected chi connectivity index (χ4v) is 2.69. The van der Waals surface area contributed by atoms with Gasteiger partial charge in [-0.1, -0.05) is 6.42 Å². The van der Waals surface area contributed by atoms with E-state index in [1.165, 1.54) is 0 Å². The molecule has 0 aliphatic heterocycles. The Labute approximate surface area is 104 Å². The summed E-state index contributed by atoms with van der Waals surface area (Å²) < 4.78 is 0.911. The minimum atomic E-state index is 0.0546. The largest absolute Gasteiger partial charge is 0.327 e. The van der Waals surface area contributed by atoms with Gasteiger partial charge in [-0.3, -0.25) is 9.78 Å². The topological polar surface area (TPSA) is 56.0 Å².